The van der Waals surface area contributed by atoms with E-state index >= 15 is 0 Å². The Balaban J connectivity index is 2.97. The standard InChI is InChI=1S/C6H6F2N2/c1-6(7,8)5-3-2-4-9-10-5/h2-4H,1H3. The molecule has 0 amide bonds. The fourth-order valence-corrected chi connectivity index (χ4v) is 0.536. The second-order valence-corrected chi connectivity index (χ2v) is 2.00. The summed E-state index contributed by atoms with van der Waals surface area (Å²) < 4.78 is 24.7. The number of alkyl halides is 2. The van der Waals surface area contributed by atoms with E-state index in [2.05, 4.69) is 10.2 Å². The summed E-state index contributed by atoms with van der Waals surface area (Å²) in [4.78, 5) is 0. The Morgan fingerprint density at radius 2 is 2.20 bits per heavy atom. The van der Waals surface area contributed by atoms with Crippen LogP contribution in [0, 0.1) is 0 Å². The van der Waals surface area contributed by atoms with Crippen molar-refractivity contribution in [1.29, 1.82) is 0 Å². The quantitative estimate of drug-likeness (QED) is 0.598. The lowest BCUT2D eigenvalue weighted by atomic mass is 10.2. The van der Waals surface area contributed by atoms with Gasteiger partial charge >= 0.3 is 0 Å². The molecule has 0 radical (unpaired) electrons. The highest BCUT2D eigenvalue weighted by molar-refractivity contribution is 5.04. The number of halogens is 2. The van der Waals surface area contributed by atoms with Crippen molar-refractivity contribution >= 4 is 0 Å². The summed E-state index contributed by atoms with van der Waals surface area (Å²) >= 11 is 0. The van der Waals surface area contributed by atoms with Crippen molar-refractivity contribution in [1.82, 2.24) is 10.2 Å². The summed E-state index contributed by atoms with van der Waals surface area (Å²) in [5.74, 6) is -2.88. The Bertz CT molecular complexity index is 205. The second-order valence-electron chi connectivity index (χ2n) is 2.00. The van der Waals surface area contributed by atoms with E-state index in [1.54, 1.807) is 0 Å². The van der Waals surface area contributed by atoms with E-state index < -0.39 is 5.92 Å². The summed E-state index contributed by atoms with van der Waals surface area (Å²) in [6, 6.07) is 2.67. The van der Waals surface area contributed by atoms with Crippen LogP contribution in [0.3, 0.4) is 0 Å². The van der Waals surface area contributed by atoms with Crippen LogP contribution in [0.25, 0.3) is 0 Å². The minimum Gasteiger partial charge on any atom is -0.200 e. The molecule has 0 N–H and O–H groups in total. The zero-order valence-corrected chi connectivity index (χ0v) is 5.38. The molecule has 0 aliphatic carbocycles. The third kappa shape index (κ3) is 1.46. The van der Waals surface area contributed by atoms with Crippen LogP contribution in [-0.4, -0.2) is 10.2 Å². The van der Waals surface area contributed by atoms with E-state index in [0.717, 1.165) is 6.92 Å². The van der Waals surface area contributed by atoms with Gasteiger partial charge in [0.15, 0.2) is 0 Å². The molecule has 0 unspecified atom stereocenters. The SMILES string of the molecule is CC(F)(F)c1cccnn1. The monoisotopic (exact) mass is 144 g/mol. The number of nitrogens with zero attached hydrogens (tertiary/aromatic N) is 2. The van der Waals surface area contributed by atoms with E-state index in [0.29, 0.717) is 0 Å². The molecular weight excluding hydrogens is 138 g/mol. The Hall–Kier alpha value is -1.06. The maximum Gasteiger partial charge on any atom is 0.288 e. The van der Waals surface area contributed by atoms with Crippen LogP contribution in [-0.2, 0) is 5.92 Å². The molecule has 2 nitrogen and oxygen atoms in total. The van der Waals surface area contributed by atoms with Gasteiger partial charge in [-0.05, 0) is 12.1 Å². The maximum absolute atomic E-state index is 12.4. The lowest BCUT2D eigenvalue weighted by Crippen LogP contribution is -2.09. The predicted molar refractivity (Wildman–Crippen MR) is 31.6 cm³/mol. The minimum absolute atomic E-state index is 0.296. The van der Waals surface area contributed by atoms with Gasteiger partial charge in [0.05, 0.1) is 0 Å². The molecule has 0 aromatic carbocycles. The first-order valence-electron chi connectivity index (χ1n) is 2.77. The first-order valence-corrected chi connectivity index (χ1v) is 2.77. The van der Waals surface area contributed by atoms with Crippen LogP contribution >= 0.6 is 0 Å². The van der Waals surface area contributed by atoms with Crippen molar-refractivity contribution < 1.29 is 8.78 Å². The summed E-state index contributed by atoms with van der Waals surface area (Å²) in [6.07, 6.45) is 1.36. The Kier molecular flexibility index (Phi) is 1.61. The highest BCUT2D eigenvalue weighted by atomic mass is 19.3. The van der Waals surface area contributed by atoms with Gasteiger partial charge < -0.3 is 0 Å². The molecule has 0 aliphatic heterocycles. The zero-order chi connectivity index (χ0) is 7.61. The van der Waals surface area contributed by atoms with E-state index in [9.17, 15) is 8.78 Å². The average molecular weight is 144 g/mol. The molecule has 0 atom stereocenters. The van der Waals surface area contributed by atoms with E-state index in [4.69, 9.17) is 0 Å². The van der Waals surface area contributed by atoms with E-state index in [1.165, 1.54) is 18.3 Å². The van der Waals surface area contributed by atoms with Gasteiger partial charge in [0, 0.05) is 13.1 Å². The fourth-order valence-electron chi connectivity index (χ4n) is 0.536. The van der Waals surface area contributed by atoms with Gasteiger partial charge in [0.2, 0.25) is 0 Å². The molecule has 0 aliphatic rings. The number of rotatable bonds is 1. The van der Waals surface area contributed by atoms with Gasteiger partial charge in [0.25, 0.3) is 5.92 Å². The van der Waals surface area contributed by atoms with Crippen LogP contribution in [0.15, 0.2) is 18.3 Å². The first kappa shape index (κ1) is 7.05. The molecule has 10 heavy (non-hydrogen) atoms. The number of aromatic nitrogens is 2. The second kappa shape index (κ2) is 2.28. The summed E-state index contributed by atoms with van der Waals surface area (Å²) in [7, 11) is 0. The van der Waals surface area contributed by atoms with Crippen molar-refractivity contribution in [3.8, 4) is 0 Å². The summed E-state index contributed by atoms with van der Waals surface area (Å²) in [5, 5.41) is 6.57. The molecule has 0 bridgehead atoms. The highest BCUT2D eigenvalue weighted by Gasteiger charge is 2.25. The maximum atomic E-state index is 12.4. The molecule has 1 rings (SSSR count). The lowest BCUT2D eigenvalue weighted by Gasteiger charge is -2.06. The fraction of sp³-hybridized carbons (Fsp3) is 0.333. The molecular formula is C6H6F2N2. The lowest BCUT2D eigenvalue weighted by molar-refractivity contribution is 0.0118. The number of hydrogen-bond donors (Lipinski definition) is 0. The van der Waals surface area contributed by atoms with Gasteiger partial charge in [-0.3, -0.25) is 0 Å². The highest BCUT2D eigenvalue weighted by Crippen LogP contribution is 2.23. The van der Waals surface area contributed by atoms with E-state index in [1.807, 2.05) is 0 Å². The Labute approximate surface area is 56.9 Å². The van der Waals surface area contributed by atoms with Gasteiger partial charge in [-0.15, -0.1) is 5.10 Å². The van der Waals surface area contributed by atoms with Crippen molar-refractivity contribution in [3.63, 3.8) is 0 Å². The zero-order valence-electron chi connectivity index (χ0n) is 5.38. The van der Waals surface area contributed by atoms with Gasteiger partial charge in [0.1, 0.15) is 5.69 Å². The summed E-state index contributed by atoms with van der Waals surface area (Å²) in [5.41, 5.74) is -0.296. The summed E-state index contributed by atoms with van der Waals surface area (Å²) in [6.45, 7) is 0.789. The van der Waals surface area contributed by atoms with Crippen LogP contribution in [0.2, 0.25) is 0 Å². The molecule has 4 heteroatoms. The molecule has 0 saturated heterocycles. The molecule has 54 valence electrons. The van der Waals surface area contributed by atoms with Crippen molar-refractivity contribution in [2.24, 2.45) is 0 Å². The van der Waals surface area contributed by atoms with Gasteiger partial charge in [-0.2, -0.15) is 13.9 Å². The first-order chi connectivity index (χ1) is 4.61. The third-order valence-electron chi connectivity index (χ3n) is 1.02. The van der Waals surface area contributed by atoms with Gasteiger partial charge in [-0.25, -0.2) is 0 Å². The van der Waals surface area contributed by atoms with Crippen LogP contribution in [0.5, 0.6) is 0 Å². The van der Waals surface area contributed by atoms with Crippen molar-refractivity contribution in [3.05, 3.63) is 24.0 Å². The van der Waals surface area contributed by atoms with E-state index in [-0.39, 0.29) is 5.69 Å². The Morgan fingerprint density at radius 1 is 1.50 bits per heavy atom. The van der Waals surface area contributed by atoms with Gasteiger partial charge in [-0.1, -0.05) is 0 Å². The average Bonchev–Trinajstić information content (AvgIpc) is 1.88. The largest absolute Gasteiger partial charge is 0.288 e. The molecule has 0 saturated carbocycles. The molecule has 1 aromatic rings. The Morgan fingerprint density at radius 3 is 2.50 bits per heavy atom. The van der Waals surface area contributed by atoms with Crippen LogP contribution in [0.1, 0.15) is 12.6 Å². The van der Waals surface area contributed by atoms with Crippen molar-refractivity contribution in [2.75, 3.05) is 0 Å². The topological polar surface area (TPSA) is 25.8 Å². The minimum atomic E-state index is -2.88. The smallest absolute Gasteiger partial charge is 0.200 e. The molecule has 1 aromatic heterocycles. The molecule has 0 fully saturated rings. The van der Waals surface area contributed by atoms with Crippen LogP contribution in [0.4, 0.5) is 8.78 Å². The normalized spacial score (nSPS) is 11.5. The molecule has 0 spiro atoms. The molecule has 1 heterocycles. The predicted octanol–water partition coefficient (Wildman–Crippen LogP) is 1.59. The number of hydrogen-bond acceptors (Lipinski definition) is 2. The third-order valence-corrected chi connectivity index (χ3v) is 1.02. The van der Waals surface area contributed by atoms with Crippen LogP contribution < -0.4 is 0 Å². The van der Waals surface area contributed by atoms with Crippen molar-refractivity contribution in [2.45, 2.75) is 12.8 Å².